The average Bonchev–Trinajstić information content (AvgIpc) is 2.25. The van der Waals surface area contributed by atoms with E-state index in [2.05, 4.69) is 0 Å². The second-order valence-corrected chi connectivity index (χ2v) is 4.67. The maximum absolute atomic E-state index is 12.0. The van der Waals surface area contributed by atoms with E-state index in [1.165, 1.54) is 4.90 Å². The van der Waals surface area contributed by atoms with E-state index in [-0.39, 0.29) is 36.9 Å². The lowest BCUT2D eigenvalue weighted by Crippen LogP contribution is -2.43. The standard InChI is InChI=1S/C13H26N2O3/c1-5-7-11(14)8-12(16)15(10(3)4)9-13(17)18-6-2/h10-11H,5-9,14H2,1-4H3. The van der Waals surface area contributed by atoms with Crippen LogP contribution in [0.4, 0.5) is 0 Å². The Balaban J connectivity index is 4.40. The van der Waals surface area contributed by atoms with Gasteiger partial charge < -0.3 is 15.4 Å². The van der Waals surface area contributed by atoms with Crippen LogP contribution in [0.3, 0.4) is 0 Å². The van der Waals surface area contributed by atoms with Gasteiger partial charge in [-0.25, -0.2) is 0 Å². The normalized spacial score (nSPS) is 12.3. The molecule has 1 unspecified atom stereocenters. The summed E-state index contributed by atoms with van der Waals surface area (Å²) < 4.78 is 4.86. The second kappa shape index (κ2) is 8.91. The summed E-state index contributed by atoms with van der Waals surface area (Å²) >= 11 is 0. The highest BCUT2D eigenvalue weighted by molar-refractivity contribution is 5.82. The maximum atomic E-state index is 12.0. The summed E-state index contributed by atoms with van der Waals surface area (Å²) in [5, 5.41) is 0. The quantitative estimate of drug-likeness (QED) is 0.666. The van der Waals surface area contributed by atoms with Crippen LogP contribution in [-0.2, 0) is 14.3 Å². The van der Waals surface area contributed by atoms with Gasteiger partial charge in [-0.2, -0.15) is 0 Å². The van der Waals surface area contributed by atoms with Gasteiger partial charge >= 0.3 is 5.97 Å². The molecule has 0 bridgehead atoms. The zero-order valence-electron chi connectivity index (χ0n) is 11.9. The third-order valence-corrected chi connectivity index (χ3v) is 2.64. The van der Waals surface area contributed by atoms with E-state index in [1.54, 1.807) is 6.92 Å². The summed E-state index contributed by atoms with van der Waals surface area (Å²) in [7, 11) is 0. The maximum Gasteiger partial charge on any atom is 0.325 e. The molecule has 0 fully saturated rings. The van der Waals surface area contributed by atoms with Gasteiger partial charge in [-0.15, -0.1) is 0 Å². The predicted molar refractivity (Wildman–Crippen MR) is 71.0 cm³/mol. The molecule has 1 atom stereocenters. The predicted octanol–water partition coefficient (Wildman–Crippen LogP) is 1.30. The first-order valence-corrected chi connectivity index (χ1v) is 6.62. The van der Waals surface area contributed by atoms with E-state index in [0.29, 0.717) is 6.61 Å². The van der Waals surface area contributed by atoms with Crippen LogP contribution in [0.2, 0.25) is 0 Å². The first-order chi connectivity index (χ1) is 8.42. The first-order valence-electron chi connectivity index (χ1n) is 6.62. The molecule has 0 saturated heterocycles. The molecule has 0 rings (SSSR count). The highest BCUT2D eigenvalue weighted by Crippen LogP contribution is 2.06. The van der Waals surface area contributed by atoms with Crippen LogP contribution < -0.4 is 5.73 Å². The van der Waals surface area contributed by atoms with Crippen molar-refractivity contribution >= 4 is 11.9 Å². The Morgan fingerprint density at radius 1 is 1.28 bits per heavy atom. The van der Waals surface area contributed by atoms with E-state index < -0.39 is 0 Å². The number of esters is 1. The van der Waals surface area contributed by atoms with Crippen molar-refractivity contribution in [3.05, 3.63) is 0 Å². The van der Waals surface area contributed by atoms with Gasteiger partial charge in [-0.05, 0) is 27.2 Å². The van der Waals surface area contributed by atoms with Crippen molar-refractivity contribution in [2.24, 2.45) is 5.73 Å². The highest BCUT2D eigenvalue weighted by Gasteiger charge is 2.22. The lowest BCUT2D eigenvalue weighted by atomic mass is 10.1. The molecule has 0 aromatic rings. The van der Waals surface area contributed by atoms with Crippen molar-refractivity contribution in [3.63, 3.8) is 0 Å². The number of ether oxygens (including phenoxy) is 1. The van der Waals surface area contributed by atoms with Gasteiger partial charge in [0.05, 0.1) is 6.61 Å². The van der Waals surface area contributed by atoms with Gasteiger partial charge in [0.1, 0.15) is 6.54 Å². The minimum absolute atomic E-state index is 0.00316. The molecule has 5 nitrogen and oxygen atoms in total. The number of nitrogens with zero attached hydrogens (tertiary/aromatic N) is 1. The lowest BCUT2D eigenvalue weighted by molar-refractivity contribution is -0.150. The van der Waals surface area contributed by atoms with Gasteiger partial charge in [0.15, 0.2) is 0 Å². The molecule has 0 aromatic heterocycles. The van der Waals surface area contributed by atoms with E-state index >= 15 is 0 Å². The van der Waals surface area contributed by atoms with Crippen molar-refractivity contribution < 1.29 is 14.3 Å². The summed E-state index contributed by atoms with van der Waals surface area (Å²) in [6, 6.07) is -0.165. The summed E-state index contributed by atoms with van der Waals surface area (Å²) in [6.07, 6.45) is 2.05. The molecule has 0 spiro atoms. The largest absolute Gasteiger partial charge is 0.465 e. The van der Waals surface area contributed by atoms with E-state index in [1.807, 2.05) is 20.8 Å². The third kappa shape index (κ3) is 6.59. The Kier molecular flexibility index (Phi) is 8.37. The van der Waals surface area contributed by atoms with Crippen molar-refractivity contribution in [1.29, 1.82) is 0 Å². The van der Waals surface area contributed by atoms with Crippen LogP contribution in [0.5, 0.6) is 0 Å². The second-order valence-electron chi connectivity index (χ2n) is 4.67. The monoisotopic (exact) mass is 258 g/mol. The smallest absolute Gasteiger partial charge is 0.325 e. The number of nitrogens with two attached hydrogens (primary N) is 1. The van der Waals surface area contributed by atoms with E-state index in [9.17, 15) is 9.59 Å². The van der Waals surface area contributed by atoms with E-state index in [4.69, 9.17) is 10.5 Å². The average molecular weight is 258 g/mol. The topological polar surface area (TPSA) is 72.6 Å². The number of carbonyl (C=O) groups excluding carboxylic acids is 2. The number of rotatable bonds is 8. The molecule has 0 aromatic carbocycles. The van der Waals surface area contributed by atoms with Crippen molar-refractivity contribution in [3.8, 4) is 0 Å². The summed E-state index contributed by atoms with van der Waals surface area (Å²) in [6.45, 7) is 7.86. The fraction of sp³-hybridized carbons (Fsp3) is 0.846. The molecule has 0 heterocycles. The molecule has 0 aliphatic carbocycles. The van der Waals surface area contributed by atoms with Crippen LogP contribution in [-0.4, -0.2) is 42.0 Å². The molecule has 0 aliphatic rings. The fourth-order valence-corrected chi connectivity index (χ4v) is 1.72. The zero-order chi connectivity index (χ0) is 14.1. The van der Waals surface area contributed by atoms with Gasteiger partial charge in [0.2, 0.25) is 5.91 Å². The summed E-state index contributed by atoms with van der Waals surface area (Å²) in [4.78, 5) is 25.0. The minimum atomic E-state index is -0.372. The molecular weight excluding hydrogens is 232 g/mol. The molecule has 2 N–H and O–H groups in total. The molecule has 0 radical (unpaired) electrons. The molecule has 1 amide bonds. The van der Waals surface area contributed by atoms with Crippen LogP contribution in [0, 0.1) is 0 Å². The van der Waals surface area contributed by atoms with Crippen LogP contribution in [0.25, 0.3) is 0 Å². The van der Waals surface area contributed by atoms with Crippen LogP contribution in [0.1, 0.15) is 47.0 Å². The Bertz CT molecular complexity index is 267. The van der Waals surface area contributed by atoms with Crippen molar-refractivity contribution in [2.75, 3.05) is 13.2 Å². The number of hydrogen-bond acceptors (Lipinski definition) is 4. The van der Waals surface area contributed by atoms with Gasteiger partial charge in [-0.1, -0.05) is 13.3 Å². The van der Waals surface area contributed by atoms with Gasteiger partial charge in [0.25, 0.3) is 0 Å². The summed E-state index contributed by atoms with van der Waals surface area (Å²) in [5.41, 5.74) is 5.85. The fourth-order valence-electron chi connectivity index (χ4n) is 1.72. The number of amides is 1. The Hall–Kier alpha value is -1.10. The Morgan fingerprint density at radius 3 is 2.33 bits per heavy atom. The number of carbonyl (C=O) groups is 2. The van der Waals surface area contributed by atoms with Gasteiger partial charge in [0, 0.05) is 18.5 Å². The zero-order valence-corrected chi connectivity index (χ0v) is 11.9. The lowest BCUT2D eigenvalue weighted by Gasteiger charge is -2.27. The summed E-state index contributed by atoms with van der Waals surface area (Å²) in [5.74, 6) is -0.456. The van der Waals surface area contributed by atoms with Crippen molar-refractivity contribution in [1.82, 2.24) is 4.90 Å². The van der Waals surface area contributed by atoms with Crippen LogP contribution in [0.15, 0.2) is 0 Å². The molecule has 0 saturated carbocycles. The van der Waals surface area contributed by atoms with E-state index in [0.717, 1.165) is 12.8 Å². The third-order valence-electron chi connectivity index (χ3n) is 2.64. The molecule has 5 heteroatoms. The Labute approximate surface area is 110 Å². The molecule has 106 valence electrons. The molecular formula is C13H26N2O3. The molecule has 18 heavy (non-hydrogen) atoms. The molecule has 0 aliphatic heterocycles. The SMILES string of the molecule is CCCC(N)CC(=O)N(CC(=O)OCC)C(C)C. The highest BCUT2D eigenvalue weighted by atomic mass is 16.5. The Morgan fingerprint density at radius 2 is 1.89 bits per heavy atom. The van der Waals surface area contributed by atoms with Crippen molar-refractivity contribution in [2.45, 2.75) is 59.0 Å². The first kappa shape index (κ1) is 16.9. The van der Waals surface area contributed by atoms with Gasteiger partial charge in [-0.3, -0.25) is 9.59 Å². The number of hydrogen-bond donors (Lipinski definition) is 1. The minimum Gasteiger partial charge on any atom is -0.465 e. The van der Waals surface area contributed by atoms with Crippen LogP contribution >= 0.6 is 0 Å².